The van der Waals surface area contributed by atoms with Gasteiger partial charge in [-0.25, -0.2) is 4.98 Å². The predicted molar refractivity (Wildman–Crippen MR) is 110 cm³/mol. The molecule has 0 aliphatic rings. The average molecular weight is 459 g/mol. The van der Waals surface area contributed by atoms with Gasteiger partial charge in [0.2, 0.25) is 0 Å². The molecule has 0 saturated heterocycles. The number of hydrogen-bond acceptors (Lipinski definition) is 3. The summed E-state index contributed by atoms with van der Waals surface area (Å²) in [4.78, 5) is 18.1. The molecule has 2 aromatic carbocycles. The van der Waals surface area contributed by atoms with Crippen LogP contribution in [0.4, 0.5) is 5.69 Å². The third-order valence-corrected chi connectivity index (χ3v) is 5.82. The number of hydrogen-bond donors (Lipinski definition) is 1. The highest BCUT2D eigenvalue weighted by molar-refractivity contribution is 14.1. The molecule has 0 aliphatic heterocycles. The van der Waals surface area contributed by atoms with Crippen LogP contribution < -0.4 is 5.32 Å². The first-order valence-corrected chi connectivity index (χ1v) is 9.67. The van der Waals surface area contributed by atoms with E-state index in [4.69, 9.17) is 0 Å². The minimum atomic E-state index is -0.108. The fraction of sp³-hybridized carbons (Fsp3) is 0.0526. The molecule has 124 valence electrons. The smallest absolute Gasteiger partial charge is 0.256 e. The lowest BCUT2D eigenvalue weighted by molar-refractivity contribution is 0.102. The number of carbonyl (C=O) groups excluding carboxylic acids is 1. The van der Waals surface area contributed by atoms with Crippen molar-refractivity contribution in [3.05, 3.63) is 74.9 Å². The molecular weight excluding hydrogens is 445 g/mol. The number of halogens is 1. The summed E-state index contributed by atoms with van der Waals surface area (Å²) in [7, 11) is 0. The number of carbonyl (C=O) groups is 1. The largest absolute Gasteiger partial charge is 0.322 e. The summed E-state index contributed by atoms with van der Waals surface area (Å²) in [5.74, 6) is -0.108. The number of thiazole rings is 1. The molecule has 0 radical (unpaired) electrons. The highest BCUT2D eigenvalue weighted by Crippen LogP contribution is 2.25. The van der Waals surface area contributed by atoms with Crippen LogP contribution in [-0.2, 0) is 0 Å². The van der Waals surface area contributed by atoms with Crippen LogP contribution in [0.1, 0.15) is 16.1 Å². The zero-order valence-corrected chi connectivity index (χ0v) is 16.3. The lowest BCUT2D eigenvalue weighted by Gasteiger charge is -2.08. The van der Waals surface area contributed by atoms with Gasteiger partial charge in [0.1, 0.15) is 0 Å². The van der Waals surface area contributed by atoms with Crippen LogP contribution in [0.2, 0.25) is 0 Å². The third-order valence-electron chi connectivity index (χ3n) is 3.92. The number of anilines is 1. The summed E-state index contributed by atoms with van der Waals surface area (Å²) in [5.41, 5.74) is 4.49. The Bertz CT molecular complexity index is 1080. The van der Waals surface area contributed by atoms with Crippen LogP contribution in [0.25, 0.3) is 16.2 Å². The van der Waals surface area contributed by atoms with Crippen molar-refractivity contribution in [2.24, 2.45) is 0 Å². The van der Waals surface area contributed by atoms with Crippen molar-refractivity contribution in [1.29, 1.82) is 0 Å². The summed E-state index contributed by atoms with van der Waals surface area (Å²) in [5, 5.41) is 5.06. The molecular formula is C19H14IN3OS. The van der Waals surface area contributed by atoms with E-state index in [0.29, 0.717) is 5.56 Å². The summed E-state index contributed by atoms with van der Waals surface area (Å²) < 4.78 is 3.01. The van der Waals surface area contributed by atoms with Gasteiger partial charge in [-0.05, 0) is 53.8 Å². The van der Waals surface area contributed by atoms with Gasteiger partial charge in [0.05, 0.1) is 11.3 Å². The number of imidazole rings is 1. The van der Waals surface area contributed by atoms with Gasteiger partial charge in [-0.3, -0.25) is 9.20 Å². The van der Waals surface area contributed by atoms with Crippen molar-refractivity contribution in [2.45, 2.75) is 6.92 Å². The Morgan fingerprint density at radius 2 is 2.04 bits per heavy atom. The first-order chi connectivity index (χ1) is 12.1. The van der Waals surface area contributed by atoms with E-state index in [2.05, 4.69) is 49.6 Å². The number of aryl methyl sites for hydroxylation is 1. The zero-order valence-electron chi connectivity index (χ0n) is 13.4. The second-order valence-electron chi connectivity index (χ2n) is 5.67. The second kappa shape index (κ2) is 6.61. The molecule has 0 spiro atoms. The second-order valence-corrected chi connectivity index (χ2v) is 7.67. The number of rotatable bonds is 3. The topological polar surface area (TPSA) is 46.4 Å². The van der Waals surface area contributed by atoms with Crippen molar-refractivity contribution in [2.75, 3.05) is 5.32 Å². The maximum Gasteiger partial charge on any atom is 0.256 e. The van der Waals surface area contributed by atoms with Gasteiger partial charge in [0.25, 0.3) is 5.91 Å². The molecule has 6 heteroatoms. The molecule has 2 heterocycles. The minimum absolute atomic E-state index is 0.108. The van der Waals surface area contributed by atoms with Gasteiger partial charge < -0.3 is 5.32 Å². The van der Waals surface area contributed by atoms with Crippen LogP contribution in [0.3, 0.4) is 0 Å². The normalized spacial score (nSPS) is 11.0. The summed E-state index contributed by atoms with van der Waals surface area (Å²) in [6.07, 6.45) is 2.03. The van der Waals surface area contributed by atoms with E-state index in [1.807, 2.05) is 54.7 Å². The van der Waals surface area contributed by atoms with E-state index in [0.717, 1.165) is 25.5 Å². The zero-order chi connectivity index (χ0) is 17.4. The summed E-state index contributed by atoms with van der Waals surface area (Å²) >= 11 is 3.80. The Balaban J connectivity index is 1.63. The number of fused-ring (bicyclic) bond motifs is 1. The average Bonchev–Trinajstić information content (AvgIpc) is 3.18. The minimum Gasteiger partial charge on any atom is -0.322 e. The first-order valence-electron chi connectivity index (χ1n) is 7.71. The Morgan fingerprint density at radius 3 is 2.84 bits per heavy atom. The molecule has 0 unspecified atom stereocenters. The van der Waals surface area contributed by atoms with Crippen LogP contribution in [0, 0.1) is 10.5 Å². The van der Waals surface area contributed by atoms with E-state index >= 15 is 0 Å². The fourth-order valence-electron chi connectivity index (χ4n) is 2.63. The summed E-state index contributed by atoms with van der Waals surface area (Å²) in [6.45, 7) is 2.06. The van der Waals surface area contributed by atoms with Crippen molar-refractivity contribution in [1.82, 2.24) is 9.38 Å². The Kier molecular flexibility index (Phi) is 4.30. The molecule has 4 rings (SSSR count). The van der Waals surface area contributed by atoms with Gasteiger partial charge in [-0.2, -0.15) is 0 Å². The van der Waals surface area contributed by atoms with Crippen LogP contribution in [0.15, 0.2) is 60.1 Å². The number of nitrogens with one attached hydrogen (secondary N) is 1. The SMILES string of the molecule is Cc1csc2nc(-c3cccc(NC(=O)c4ccccc4I)c3)cn12. The van der Waals surface area contributed by atoms with Crippen LogP contribution in [0.5, 0.6) is 0 Å². The van der Waals surface area contributed by atoms with Gasteiger partial charge in [0, 0.05) is 32.1 Å². The van der Waals surface area contributed by atoms with Gasteiger partial charge in [0.15, 0.2) is 4.96 Å². The molecule has 1 amide bonds. The maximum atomic E-state index is 12.5. The quantitative estimate of drug-likeness (QED) is 0.427. The Labute approximate surface area is 162 Å². The Hall–Kier alpha value is -2.19. The van der Waals surface area contributed by atoms with E-state index in [1.54, 1.807) is 11.3 Å². The molecule has 2 aromatic heterocycles. The van der Waals surface area contributed by atoms with Gasteiger partial charge in [-0.15, -0.1) is 11.3 Å². The van der Waals surface area contributed by atoms with Crippen molar-refractivity contribution < 1.29 is 4.79 Å². The van der Waals surface area contributed by atoms with Crippen molar-refractivity contribution in [3.63, 3.8) is 0 Å². The highest BCUT2D eigenvalue weighted by Gasteiger charge is 2.11. The maximum absolute atomic E-state index is 12.5. The molecule has 0 aliphatic carbocycles. The van der Waals surface area contributed by atoms with E-state index in [9.17, 15) is 4.79 Å². The lowest BCUT2D eigenvalue weighted by Crippen LogP contribution is -2.13. The van der Waals surface area contributed by atoms with E-state index < -0.39 is 0 Å². The molecule has 25 heavy (non-hydrogen) atoms. The molecule has 1 N–H and O–H groups in total. The number of aromatic nitrogens is 2. The first kappa shape index (κ1) is 16.3. The van der Waals surface area contributed by atoms with Crippen molar-refractivity contribution in [3.8, 4) is 11.3 Å². The highest BCUT2D eigenvalue weighted by atomic mass is 127. The molecule has 0 saturated carbocycles. The standard InChI is InChI=1S/C19H14IN3OS/c1-12-11-25-19-22-17(10-23(12)19)13-5-4-6-14(9-13)21-18(24)15-7-2-3-8-16(15)20/h2-11H,1H3,(H,21,24). The number of nitrogens with zero attached hydrogens (tertiary/aromatic N) is 2. The molecule has 4 aromatic rings. The predicted octanol–water partition coefficient (Wildman–Crippen LogP) is 5.23. The monoisotopic (exact) mass is 459 g/mol. The number of benzene rings is 2. The summed E-state index contributed by atoms with van der Waals surface area (Å²) in [6, 6.07) is 15.3. The molecule has 4 nitrogen and oxygen atoms in total. The number of amides is 1. The fourth-order valence-corrected chi connectivity index (χ4v) is 4.12. The molecule has 0 fully saturated rings. The Morgan fingerprint density at radius 1 is 1.20 bits per heavy atom. The van der Waals surface area contributed by atoms with Crippen LogP contribution >= 0.6 is 33.9 Å². The molecule has 0 atom stereocenters. The van der Waals surface area contributed by atoms with Gasteiger partial charge in [-0.1, -0.05) is 24.3 Å². The lowest BCUT2D eigenvalue weighted by atomic mass is 10.1. The third kappa shape index (κ3) is 3.19. The van der Waals surface area contributed by atoms with Crippen LogP contribution in [-0.4, -0.2) is 15.3 Å². The van der Waals surface area contributed by atoms with E-state index in [1.165, 1.54) is 5.69 Å². The van der Waals surface area contributed by atoms with Crippen molar-refractivity contribution >= 4 is 50.5 Å². The molecule has 0 bridgehead atoms. The van der Waals surface area contributed by atoms with Gasteiger partial charge >= 0.3 is 0 Å². The van der Waals surface area contributed by atoms with E-state index in [-0.39, 0.29) is 5.91 Å².